The Morgan fingerprint density at radius 2 is 0.797 bits per heavy atom. The van der Waals surface area contributed by atoms with E-state index in [4.69, 9.17) is 23.8 Å². The van der Waals surface area contributed by atoms with Crippen LogP contribution in [-0.2, 0) is 34.8 Å². The first-order chi connectivity index (χ1) is 38.3. The van der Waals surface area contributed by atoms with Gasteiger partial charge in [-0.15, -0.1) is 0 Å². The first-order valence-corrected chi connectivity index (χ1v) is 41.8. The molecule has 0 saturated carbocycles. The largest absolute Gasteiger partial charge is 0.0622 e. The summed E-state index contributed by atoms with van der Waals surface area (Å²) in [6, 6.07) is 71.0. The maximum atomic E-state index is 11.0. The van der Waals surface area contributed by atoms with E-state index in [-0.39, 0.29) is 32.8 Å². The number of Topliss-reactive ketones (excluding diaryl/α,β-unsaturated/α-hetero) is 1. The average Bonchev–Trinajstić information content (AvgIpc) is 3.48. The number of benzene rings is 6. The van der Waals surface area contributed by atoms with Gasteiger partial charge in [0.2, 0.25) is 0 Å². The zero-order valence-electron chi connectivity index (χ0n) is 46.9. The predicted octanol–water partition coefficient (Wildman–Crippen LogP) is 15.9. The molecule has 79 heavy (non-hydrogen) atoms. The molecule has 0 fully saturated rings. The number of nitrogens with zero attached hydrogens (tertiary/aromatic N) is 2. The number of aromatic nitrogens is 2. The fourth-order valence-electron chi connectivity index (χ4n) is 8.31. The molecule has 0 bridgehead atoms. The molecule has 2 aromatic heterocycles. The van der Waals surface area contributed by atoms with E-state index in [1.54, 1.807) is 32.6 Å². The number of rotatable bonds is 19. The first-order valence-electron chi connectivity index (χ1n) is 26.8. The minimum absolute atomic E-state index is 0.00405. The Kier molecular flexibility index (Phi) is 35.8. The number of ketones is 1. The zero-order chi connectivity index (χ0) is 57.7. The number of unbranched alkanes of at least 4 members (excludes halogenated alkanes) is 3. The van der Waals surface area contributed by atoms with Crippen LogP contribution in [0.3, 0.4) is 0 Å². The van der Waals surface area contributed by atoms with Crippen LogP contribution >= 0.6 is 50.8 Å². The quantitative estimate of drug-likeness (QED) is 0.0350. The number of hydrogen-bond donors (Lipinski definition) is 0. The number of carbonyl (C=O) groups excluding carboxylic acids is 1. The Morgan fingerprint density at radius 1 is 0.519 bits per heavy atom. The third kappa shape index (κ3) is 25.7. The Bertz CT molecular complexity index is 2690. The van der Waals surface area contributed by atoms with Crippen LogP contribution in [0, 0.1) is 0 Å². The number of ether oxygens (including phenoxy) is 1. The van der Waals surface area contributed by atoms with Crippen LogP contribution in [0.15, 0.2) is 243 Å². The molecule has 13 heteroatoms. The fraction of sp³-hybridized carbons (Fsp3) is 0.258. The Morgan fingerprint density at radius 3 is 1.03 bits per heavy atom. The summed E-state index contributed by atoms with van der Waals surface area (Å²) in [5.41, 5.74) is 0.315. The van der Waals surface area contributed by atoms with Crippen molar-refractivity contribution in [2.24, 2.45) is 14.1 Å². The van der Waals surface area contributed by atoms with Crippen LogP contribution in [0.1, 0.15) is 83.5 Å². The predicted molar refractivity (Wildman–Crippen MR) is 349 cm³/mol. The van der Waals surface area contributed by atoms with E-state index >= 15 is 0 Å². The SMILES string of the molecule is C=[C](OCC)[Sn]([CH2]CCC)([CH2]CCC)[CH2]CCC.CC(=O)c1ccn(C)c(=O)c1.Cn1ccc(Br)cc1=O.[Cl][Pd][Cl].c1ccc(P(c2ccccc2)c2ccccc2)cc1.c1ccc(P(c2ccccc2)c2ccccc2)cc1. The summed E-state index contributed by atoms with van der Waals surface area (Å²) in [5.74, 6) is -0.0808. The monoisotopic (exact) mass is 1400 g/mol. The molecule has 422 valence electrons. The van der Waals surface area contributed by atoms with E-state index in [2.05, 4.69) is 232 Å². The molecular formula is C66H79BrCl2N2O4P2PdSn. The molecule has 0 amide bonds. The van der Waals surface area contributed by atoms with E-state index < -0.39 is 34.2 Å². The maximum Gasteiger partial charge on any atom is -0.0134 e. The van der Waals surface area contributed by atoms with Crippen LogP contribution in [0.5, 0.6) is 0 Å². The van der Waals surface area contributed by atoms with Crippen molar-refractivity contribution in [3.63, 3.8) is 0 Å². The third-order valence-electron chi connectivity index (χ3n) is 12.6. The molecule has 0 aliphatic heterocycles. The molecule has 6 aromatic carbocycles. The van der Waals surface area contributed by atoms with E-state index in [9.17, 15) is 14.4 Å². The summed E-state index contributed by atoms with van der Waals surface area (Å²) in [5, 5.41) is 8.39. The normalized spacial score (nSPS) is 10.4. The van der Waals surface area contributed by atoms with Crippen molar-refractivity contribution in [3.8, 4) is 0 Å². The minimum Gasteiger partial charge on any atom is -0.0622 e. The van der Waals surface area contributed by atoms with Gasteiger partial charge >= 0.3 is 155 Å². The molecule has 0 radical (unpaired) electrons. The van der Waals surface area contributed by atoms with Crippen molar-refractivity contribution < 1.29 is 25.5 Å². The molecule has 0 saturated heterocycles. The number of halogens is 3. The van der Waals surface area contributed by atoms with Gasteiger partial charge in [0, 0.05) is 48.7 Å². The second-order valence-electron chi connectivity index (χ2n) is 18.4. The summed E-state index contributed by atoms with van der Waals surface area (Å²) in [6.45, 7) is 15.6. The molecule has 6 nitrogen and oxygen atoms in total. The first kappa shape index (κ1) is 69.1. The Labute approximate surface area is 503 Å². The van der Waals surface area contributed by atoms with Gasteiger partial charge in [0.1, 0.15) is 0 Å². The van der Waals surface area contributed by atoms with Crippen LogP contribution in [0.25, 0.3) is 0 Å². The number of carbonyl (C=O) groups is 1. The average molecular weight is 1400 g/mol. The van der Waals surface area contributed by atoms with Gasteiger partial charge in [-0.3, -0.25) is 14.4 Å². The van der Waals surface area contributed by atoms with Crippen molar-refractivity contribution in [1.29, 1.82) is 0 Å². The molecule has 8 rings (SSSR count). The van der Waals surface area contributed by atoms with Gasteiger partial charge in [0.15, 0.2) is 5.78 Å². The van der Waals surface area contributed by atoms with Gasteiger partial charge in [-0.05, 0) is 66.7 Å². The van der Waals surface area contributed by atoms with Crippen molar-refractivity contribution in [2.75, 3.05) is 6.61 Å². The van der Waals surface area contributed by atoms with E-state index in [0.29, 0.717) is 5.56 Å². The topological polar surface area (TPSA) is 70.3 Å². The zero-order valence-corrected chi connectivity index (χ0v) is 56.2. The second-order valence-corrected chi connectivity index (χ2v) is 39.3. The molecule has 2 heterocycles. The number of pyridine rings is 2. The van der Waals surface area contributed by atoms with Crippen molar-refractivity contribution in [1.82, 2.24) is 9.13 Å². The number of hydrogen-bond acceptors (Lipinski definition) is 4. The van der Waals surface area contributed by atoms with Crippen LogP contribution in [0.2, 0.25) is 13.3 Å². The van der Waals surface area contributed by atoms with Gasteiger partial charge in [-0.25, -0.2) is 0 Å². The summed E-state index contributed by atoms with van der Waals surface area (Å²) in [7, 11) is 12.1. The molecule has 0 unspecified atom stereocenters. The summed E-state index contributed by atoms with van der Waals surface area (Å²) in [6.07, 6.45) is 11.4. The van der Waals surface area contributed by atoms with Crippen LogP contribution in [-0.4, -0.2) is 39.9 Å². The smallest absolute Gasteiger partial charge is 0.0134 e. The maximum absolute atomic E-state index is 11.0. The van der Waals surface area contributed by atoms with Crippen molar-refractivity contribution in [3.05, 3.63) is 260 Å². The Balaban J connectivity index is 0.000000262. The summed E-state index contributed by atoms with van der Waals surface area (Å²) < 4.78 is 15.3. The molecular weight excluding hydrogens is 1320 g/mol. The third-order valence-corrected chi connectivity index (χ3v) is 33.0. The fourth-order valence-corrected chi connectivity index (χ4v) is 27.9. The summed E-state index contributed by atoms with van der Waals surface area (Å²) in [4.78, 5) is 32.5. The van der Waals surface area contributed by atoms with Crippen LogP contribution in [0.4, 0.5) is 0 Å². The van der Waals surface area contributed by atoms with Gasteiger partial charge in [-0.2, -0.15) is 0 Å². The van der Waals surface area contributed by atoms with E-state index in [1.165, 1.54) is 116 Å². The molecule has 0 aliphatic carbocycles. The van der Waals surface area contributed by atoms with Crippen molar-refractivity contribution >= 4 is 107 Å². The molecule has 8 aromatic rings. The van der Waals surface area contributed by atoms with Crippen LogP contribution < -0.4 is 42.9 Å². The van der Waals surface area contributed by atoms with Gasteiger partial charge in [0.25, 0.3) is 11.1 Å². The second kappa shape index (κ2) is 40.9. The Hall–Kier alpha value is -4.19. The molecule has 0 aliphatic rings. The standard InChI is InChI=1S/2C18H15P.C8H9NO2.C6H6BrNO.C4H7O.3C4H9.2ClH.Pd.Sn/c2*1-4-10-16(11-5-1)19(17-12-6-2-7-13-17)18-14-8-3-9-15-18;1-6(10)7-3-4-9(2)8(11)5-7;1-8-3-2-5(7)4-6(8)9;1-3-5-4-2;3*1-3-4-2;;;;/h2*1-15H;3-5H,1-2H3;2-4H,1H3;1,4H2,2H3;3*1,3-4H2,2H3;2*1H;;/q;;;;;;;;;;+2;/p-2. The molecule has 0 atom stereocenters. The molecule has 0 N–H and O–H groups in total. The van der Waals surface area contributed by atoms with Gasteiger partial charge in [-0.1, -0.05) is 198 Å². The minimum atomic E-state index is -2.24. The summed E-state index contributed by atoms with van der Waals surface area (Å²) >= 11 is 0.834. The van der Waals surface area contributed by atoms with E-state index in [1.807, 2.05) is 6.07 Å². The van der Waals surface area contributed by atoms with Gasteiger partial charge < -0.3 is 9.13 Å². The molecule has 0 spiro atoms. The number of aryl methyl sites for hydroxylation is 2. The van der Waals surface area contributed by atoms with Crippen molar-refractivity contribution in [2.45, 2.75) is 86.5 Å². The van der Waals surface area contributed by atoms with Gasteiger partial charge in [0.05, 0.1) is 0 Å². The van der Waals surface area contributed by atoms with E-state index in [0.717, 1.165) is 11.1 Å².